The maximum absolute atomic E-state index is 4.46. The summed E-state index contributed by atoms with van der Waals surface area (Å²) in [5, 5.41) is 6.78. The number of nitrogens with zero attached hydrogens (tertiary/aromatic N) is 1. The molecule has 2 nitrogen and oxygen atoms in total. The van der Waals surface area contributed by atoms with Gasteiger partial charge in [0.05, 0.1) is 10.7 Å². The first-order chi connectivity index (χ1) is 8.19. The van der Waals surface area contributed by atoms with Gasteiger partial charge in [0.25, 0.3) is 0 Å². The largest absolute Gasteiger partial charge is 0.304 e. The van der Waals surface area contributed by atoms with Crippen LogP contribution < -0.4 is 5.32 Å². The van der Waals surface area contributed by atoms with Crippen LogP contribution in [-0.2, 0) is 13.0 Å². The molecule has 0 amide bonds. The normalized spacial score (nSPS) is 12.9. The van der Waals surface area contributed by atoms with Crippen LogP contribution in [0.1, 0.15) is 40.3 Å². The molecule has 92 valence electrons. The van der Waals surface area contributed by atoms with Crippen molar-refractivity contribution in [2.45, 2.75) is 39.8 Å². The number of aromatic nitrogens is 1. The minimum Gasteiger partial charge on any atom is -0.304 e. The van der Waals surface area contributed by atoms with Gasteiger partial charge in [-0.1, -0.05) is 6.92 Å². The summed E-state index contributed by atoms with van der Waals surface area (Å²) in [5.74, 6) is 0. The van der Waals surface area contributed by atoms with Crippen LogP contribution in [0.25, 0.3) is 0 Å². The zero-order valence-corrected chi connectivity index (χ0v) is 12.1. The fourth-order valence-corrected chi connectivity index (χ4v) is 3.26. The topological polar surface area (TPSA) is 24.9 Å². The van der Waals surface area contributed by atoms with E-state index in [0.717, 1.165) is 23.7 Å². The molecule has 4 heteroatoms. The molecule has 2 aromatic heterocycles. The van der Waals surface area contributed by atoms with Gasteiger partial charge in [0, 0.05) is 27.7 Å². The highest BCUT2D eigenvalue weighted by Gasteiger charge is 2.08. The van der Waals surface area contributed by atoms with Gasteiger partial charge in [-0.05, 0) is 32.4 Å². The van der Waals surface area contributed by atoms with Crippen molar-refractivity contribution in [1.82, 2.24) is 10.3 Å². The zero-order valence-electron chi connectivity index (χ0n) is 10.5. The van der Waals surface area contributed by atoms with Gasteiger partial charge in [0.2, 0.25) is 0 Å². The molecule has 1 atom stereocenters. The second-order valence-electron chi connectivity index (χ2n) is 4.12. The monoisotopic (exact) mass is 266 g/mol. The Morgan fingerprint density at radius 1 is 1.41 bits per heavy atom. The van der Waals surface area contributed by atoms with Crippen molar-refractivity contribution < 1.29 is 0 Å². The smallest absolute Gasteiger partial charge is 0.0897 e. The van der Waals surface area contributed by atoms with Crippen LogP contribution in [0.3, 0.4) is 0 Å². The highest BCUT2D eigenvalue weighted by Crippen LogP contribution is 2.23. The molecular formula is C13H18N2S2. The minimum atomic E-state index is 0.405. The number of aryl methyl sites for hydroxylation is 2. The molecule has 1 unspecified atom stereocenters. The van der Waals surface area contributed by atoms with Gasteiger partial charge >= 0.3 is 0 Å². The summed E-state index contributed by atoms with van der Waals surface area (Å²) in [7, 11) is 0. The molecule has 1 N–H and O–H groups in total. The van der Waals surface area contributed by atoms with Crippen molar-refractivity contribution in [1.29, 1.82) is 0 Å². The van der Waals surface area contributed by atoms with Gasteiger partial charge in [-0.25, -0.2) is 4.98 Å². The van der Waals surface area contributed by atoms with E-state index in [0.29, 0.717) is 6.04 Å². The molecule has 0 saturated heterocycles. The van der Waals surface area contributed by atoms with E-state index < -0.39 is 0 Å². The lowest BCUT2D eigenvalue weighted by Gasteiger charge is -2.10. The highest BCUT2D eigenvalue weighted by molar-refractivity contribution is 7.12. The minimum absolute atomic E-state index is 0.405. The van der Waals surface area contributed by atoms with Crippen molar-refractivity contribution in [3.05, 3.63) is 38.0 Å². The Balaban J connectivity index is 1.90. The number of hydrogen-bond acceptors (Lipinski definition) is 4. The zero-order chi connectivity index (χ0) is 12.3. The predicted molar refractivity (Wildman–Crippen MR) is 75.8 cm³/mol. The second-order valence-corrected chi connectivity index (χ2v) is 6.38. The average molecular weight is 266 g/mol. The quantitative estimate of drug-likeness (QED) is 0.887. The van der Waals surface area contributed by atoms with Crippen LogP contribution in [0.5, 0.6) is 0 Å². The lowest BCUT2D eigenvalue weighted by molar-refractivity contribution is 0.576. The van der Waals surface area contributed by atoms with Crippen molar-refractivity contribution in [3.8, 4) is 0 Å². The summed E-state index contributed by atoms with van der Waals surface area (Å²) in [6.45, 7) is 7.31. The highest BCUT2D eigenvalue weighted by atomic mass is 32.1. The molecule has 0 aromatic carbocycles. The van der Waals surface area contributed by atoms with E-state index >= 15 is 0 Å². The standard InChI is InChI=1S/C13H18N2S2/c1-4-12-5-6-13(17-12)9(2)14-7-11-8-16-10(3)15-11/h5-6,8-9,14H,4,7H2,1-3H3. The number of thiophene rings is 1. The van der Waals surface area contributed by atoms with Gasteiger partial charge in [-0.2, -0.15) is 0 Å². The van der Waals surface area contributed by atoms with Crippen LogP contribution in [0, 0.1) is 6.92 Å². The van der Waals surface area contributed by atoms with Gasteiger partial charge in [-0.15, -0.1) is 22.7 Å². The third-order valence-corrected chi connectivity index (χ3v) is 4.95. The molecule has 2 heterocycles. The molecular weight excluding hydrogens is 248 g/mol. The molecule has 0 aliphatic rings. The molecule has 0 aliphatic carbocycles. The summed E-state index contributed by atoms with van der Waals surface area (Å²) in [6.07, 6.45) is 1.13. The van der Waals surface area contributed by atoms with Crippen LogP contribution >= 0.6 is 22.7 Å². The molecule has 0 radical (unpaired) electrons. The molecule has 17 heavy (non-hydrogen) atoms. The first kappa shape index (κ1) is 12.7. The number of rotatable bonds is 5. The van der Waals surface area contributed by atoms with E-state index in [1.54, 1.807) is 11.3 Å². The number of hydrogen-bond donors (Lipinski definition) is 1. The molecule has 0 fully saturated rings. The Labute approximate surface area is 111 Å². The number of nitrogens with one attached hydrogen (secondary N) is 1. The Morgan fingerprint density at radius 3 is 2.82 bits per heavy atom. The molecule has 2 aromatic rings. The van der Waals surface area contributed by atoms with Crippen LogP contribution in [0.4, 0.5) is 0 Å². The van der Waals surface area contributed by atoms with Gasteiger partial charge in [0.1, 0.15) is 0 Å². The second kappa shape index (κ2) is 5.76. The average Bonchev–Trinajstić information content (AvgIpc) is 2.94. The van der Waals surface area contributed by atoms with E-state index in [1.165, 1.54) is 9.75 Å². The fraction of sp³-hybridized carbons (Fsp3) is 0.462. The number of thiazole rings is 1. The van der Waals surface area contributed by atoms with Crippen molar-refractivity contribution in [3.63, 3.8) is 0 Å². The van der Waals surface area contributed by atoms with E-state index in [4.69, 9.17) is 0 Å². The van der Waals surface area contributed by atoms with Crippen LogP contribution in [0.2, 0.25) is 0 Å². The summed E-state index contributed by atoms with van der Waals surface area (Å²) >= 11 is 3.61. The first-order valence-electron chi connectivity index (χ1n) is 5.92. The van der Waals surface area contributed by atoms with E-state index in [9.17, 15) is 0 Å². The molecule has 0 bridgehead atoms. The summed E-state index contributed by atoms with van der Waals surface area (Å²) in [5.41, 5.74) is 1.15. The van der Waals surface area contributed by atoms with E-state index in [2.05, 4.69) is 41.7 Å². The molecule has 0 aliphatic heterocycles. The summed E-state index contributed by atoms with van der Waals surface area (Å²) in [6, 6.07) is 4.86. The first-order valence-corrected chi connectivity index (χ1v) is 7.61. The third-order valence-electron chi connectivity index (χ3n) is 2.71. The Morgan fingerprint density at radius 2 is 2.24 bits per heavy atom. The summed E-state index contributed by atoms with van der Waals surface area (Å²) < 4.78 is 0. The molecule has 0 spiro atoms. The van der Waals surface area contributed by atoms with Gasteiger partial charge in [0.15, 0.2) is 0 Å². The van der Waals surface area contributed by atoms with Crippen molar-refractivity contribution in [2.75, 3.05) is 0 Å². The summed E-state index contributed by atoms with van der Waals surface area (Å²) in [4.78, 5) is 7.32. The van der Waals surface area contributed by atoms with Crippen LogP contribution in [0.15, 0.2) is 17.5 Å². The third kappa shape index (κ3) is 3.37. The Bertz CT molecular complexity index is 473. The lowest BCUT2D eigenvalue weighted by Crippen LogP contribution is -2.17. The van der Waals surface area contributed by atoms with E-state index in [-0.39, 0.29) is 0 Å². The van der Waals surface area contributed by atoms with Crippen LogP contribution in [-0.4, -0.2) is 4.98 Å². The van der Waals surface area contributed by atoms with Gasteiger partial charge < -0.3 is 5.32 Å². The Hall–Kier alpha value is -0.710. The maximum Gasteiger partial charge on any atom is 0.0897 e. The molecule has 2 rings (SSSR count). The Kier molecular flexibility index (Phi) is 4.31. The van der Waals surface area contributed by atoms with Crippen molar-refractivity contribution >= 4 is 22.7 Å². The van der Waals surface area contributed by atoms with E-state index in [1.807, 2.05) is 18.3 Å². The molecule has 0 saturated carbocycles. The fourth-order valence-electron chi connectivity index (χ4n) is 1.66. The van der Waals surface area contributed by atoms with Gasteiger partial charge in [-0.3, -0.25) is 0 Å². The maximum atomic E-state index is 4.46. The SMILES string of the molecule is CCc1ccc(C(C)NCc2csc(C)n2)s1. The lowest BCUT2D eigenvalue weighted by atomic mass is 10.2. The van der Waals surface area contributed by atoms with Crippen molar-refractivity contribution in [2.24, 2.45) is 0 Å². The predicted octanol–water partition coefficient (Wildman–Crippen LogP) is 3.93.